The van der Waals surface area contributed by atoms with Crippen LogP contribution >= 0.6 is 11.3 Å². The summed E-state index contributed by atoms with van der Waals surface area (Å²) in [4.78, 5) is 42.4. The summed E-state index contributed by atoms with van der Waals surface area (Å²) in [6.07, 6.45) is 9.00. The van der Waals surface area contributed by atoms with Gasteiger partial charge in [-0.15, -0.1) is 0 Å². The van der Waals surface area contributed by atoms with Crippen molar-refractivity contribution in [2.75, 3.05) is 19.6 Å². The number of ketones is 1. The lowest BCUT2D eigenvalue weighted by Gasteiger charge is -2.31. The molecule has 1 fully saturated rings. The molecule has 36 heavy (non-hydrogen) atoms. The molecule has 2 atom stereocenters. The van der Waals surface area contributed by atoms with Crippen LogP contribution in [0.2, 0.25) is 0 Å². The third-order valence-electron chi connectivity index (χ3n) is 6.76. The molecule has 0 aromatic carbocycles. The average Bonchev–Trinajstić information content (AvgIpc) is 3.60. The predicted molar refractivity (Wildman–Crippen MR) is 141 cm³/mol. The van der Waals surface area contributed by atoms with Crippen LogP contribution in [0.15, 0.2) is 63.5 Å². The number of rotatable bonds is 7. The van der Waals surface area contributed by atoms with Gasteiger partial charge in [0, 0.05) is 61.7 Å². The van der Waals surface area contributed by atoms with Crippen molar-refractivity contribution in [3.8, 4) is 0 Å². The summed E-state index contributed by atoms with van der Waals surface area (Å²) in [5.41, 5.74) is 5.04. The van der Waals surface area contributed by atoms with Gasteiger partial charge in [-0.2, -0.15) is 11.3 Å². The Labute approximate surface area is 215 Å². The summed E-state index contributed by atoms with van der Waals surface area (Å²) < 4.78 is 0. The first kappa shape index (κ1) is 24.7. The van der Waals surface area contributed by atoms with E-state index in [0.717, 1.165) is 41.0 Å². The van der Waals surface area contributed by atoms with Gasteiger partial charge in [-0.1, -0.05) is 26.8 Å². The highest BCUT2D eigenvalue weighted by atomic mass is 32.1. The first-order chi connectivity index (χ1) is 17.3. The Hall–Kier alpha value is -3.01. The smallest absolute Gasteiger partial charge is 0.270 e. The van der Waals surface area contributed by atoms with E-state index in [1.807, 2.05) is 44.6 Å². The van der Waals surface area contributed by atoms with Crippen molar-refractivity contribution in [1.82, 2.24) is 25.5 Å². The van der Waals surface area contributed by atoms with Gasteiger partial charge in [0.05, 0.1) is 17.8 Å². The maximum absolute atomic E-state index is 13.8. The minimum Gasteiger partial charge on any atom is -0.340 e. The van der Waals surface area contributed by atoms with Crippen molar-refractivity contribution < 1.29 is 9.59 Å². The summed E-state index contributed by atoms with van der Waals surface area (Å²) in [5.74, 6) is -0.260. The molecule has 0 bridgehead atoms. The Morgan fingerprint density at radius 1 is 1.28 bits per heavy atom. The van der Waals surface area contributed by atoms with E-state index in [2.05, 4.69) is 37.0 Å². The largest absolute Gasteiger partial charge is 0.340 e. The van der Waals surface area contributed by atoms with E-state index < -0.39 is 11.5 Å². The predicted octanol–water partition coefficient (Wildman–Crippen LogP) is 2.89. The van der Waals surface area contributed by atoms with Gasteiger partial charge >= 0.3 is 0 Å². The lowest BCUT2D eigenvalue weighted by molar-refractivity contribution is -0.128. The van der Waals surface area contributed by atoms with Gasteiger partial charge in [0.15, 0.2) is 5.78 Å². The number of nitrogens with one attached hydrogen (secondary N) is 2. The van der Waals surface area contributed by atoms with Crippen molar-refractivity contribution in [3.05, 3.63) is 69.6 Å². The molecule has 2 aromatic rings. The topological polar surface area (TPSA) is 109 Å². The molecule has 9 heteroatoms. The fourth-order valence-electron chi connectivity index (χ4n) is 4.74. The second-order valence-corrected chi connectivity index (χ2v) is 11.5. The van der Waals surface area contributed by atoms with Gasteiger partial charge < -0.3 is 10.6 Å². The second kappa shape index (κ2) is 10.2. The number of thiophene rings is 1. The standard InChI is InChI=1S/C27H32N6O2S/c1-27(2,3)25(24(34)22-12-30-22)32-26(35)23-20-14-33(13-17-10-28-16-29-11-17)7-4-5-18(20)9-21(31-23)19-6-8-36-15-19/h5-6,8,10-11,15-16,22,25,30H,4,7,9,12-14H2,1-3H3,(H,32,35). The molecule has 2 N–H and O–H groups in total. The maximum atomic E-state index is 13.8. The number of nitrogens with zero attached hydrogens (tertiary/aromatic N) is 4. The average molecular weight is 505 g/mol. The molecule has 0 spiro atoms. The molecular weight excluding hydrogens is 472 g/mol. The van der Waals surface area contributed by atoms with Gasteiger partial charge in [0.25, 0.3) is 5.91 Å². The van der Waals surface area contributed by atoms with Crippen LogP contribution in [0.4, 0.5) is 0 Å². The van der Waals surface area contributed by atoms with Crippen LogP contribution in [0.5, 0.6) is 0 Å². The third kappa shape index (κ3) is 5.53. The summed E-state index contributed by atoms with van der Waals surface area (Å²) in [6, 6.07) is 1.26. The van der Waals surface area contributed by atoms with Gasteiger partial charge in [-0.05, 0) is 34.2 Å². The molecule has 3 aliphatic heterocycles. The quantitative estimate of drug-likeness (QED) is 0.561. The summed E-state index contributed by atoms with van der Waals surface area (Å²) in [5, 5.41) is 10.3. The number of hydrogen-bond donors (Lipinski definition) is 2. The fraction of sp³-hybridized carbons (Fsp3) is 0.444. The van der Waals surface area contributed by atoms with Crippen molar-refractivity contribution in [1.29, 1.82) is 0 Å². The van der Waals surface area contributed by atoms with E-state index in [-0.39, 0.29) is 17.7 Å². The Morgan fingerprint density at radius 3 is 2.72 bits per heavy atom. The Bertz CT molecular complexity index is 1220. The van der Waals surface area contributed by atoms with Crippen molar-refractivity contribution in [3.63, 3.8) is 0 Å². The van der Waals surface area contributed by atoms with Crippen molar-refractivity contribution >= 4 is 28.7 Å². The number of carbonyl (C=O) groups is 2. The molecule has 2 unspecified atom stereocenters. The zero-order valence-corrected chi connectivity index (χ0v) is 21.8. The molecule has 3 aliphatic rings. The fourth-order valence-corrected chi connectivity index (χ4v) is 5.40. The SMILES string of the molecule is CC(C)(C)C(NC(=O)C1=C2CN(Cc3cncnc3)CCC=C2CC(c2ccsc2)=N1)C(=O)C1CN1. The molecule has 0 aliphatic carbocycles. The highest BCUT2D eigenvalue weighted by Gasteiger charge is 2.41. The minimum atomic E-state index is -0.601. The number of amides is 1. The zero-order valence-electron chi connectivity index (χ0n) is 21.0. The summed E-state index contributed by atoms with van der Waals surface area (Å²) in [7, 11) is 0. The Kier molecular flexibility index (Phi) is 6.96. The summed E-state index contributed by atoms with van der Waals surface area (Å²) in [6.45, 7) is 8.77. The molecule has 8 nitrogen and oxygen atoms in total. The normalized spacial score (nSPS) is 21.1. The van der Waals surface area contributed by atoms with E-state index in [4.69, 9.17) is 4.99 Å². The number of Topliss-reactive ketones (excluding diaryl/α,β-unsaturated/α-hetero) is 1. The first-order valence-corrected chi connectivity index (χ1v) is 13.3. The molecule has 1 saturated heterocycles. The maximum Gasteiger partial charge on any atom is 0.270 e. The van der Waals surface area contributed by atoms with Gasteiger partial charge in [-0.3, -0.25) is 14.5 Å². The van der Waals surface area contributed by atoms with Crippen LogP contribution in [0.25, 0.3) is 0 Å². The molecule has 1 amide bonds. The van der Waals surface area contributed by atoms with Crippen LogP contribution in [0.3, 0.4) is 0 Å². The van der Waals surface area contributed by atoms with E-state index in [9.17, 15) is 9.59 Å². The van der Waals surface area contributed by atoms with E-state index in [0.29, 0.717) is 31.8 Å². The van der Waals surface area contributed by atoms with E-state index in [1.54, 1.807) is 11.3 Å². The Balaban J connectivity index is 1.49. The zero-order chi connectivity index (χ0) is 25.3. The number of aromatic nitrogens is 2. The highest BCUT2D eigenvalue weighted by Crippen LogP contribution is 2.32. The van der Waals surface area contributed by atoms with E-state index in [1.165, 1.54) is 6.33 Å². The summed E-state index contributed by atoms with van der Waals surface area (Å²) >= 11 is 1.62. The third-order valence-corrected chi connectivity index (χ3v) is 7.45. The molecule has 2 aromatic heterocycles. The van der Waals surface area contributed by atoms with Gasteiger partial charge in [-0.25, -0.2) is 15.0 Å². The van der Waals surface area contributed by atoms with E-state index >= 15 is 0 Å². The van der Waals surface area contributed by atoms with Crippen LogP contribution in [-0.2, 0) is 16.1 Å². The van der Waals surface area contributed by atoms with Crippen molar-refractivity contribution in [2.24, 2.45) is 10.4 Å². The monoisotopic (exact) mass is 504 g/mol. The molecule has 0 radical (unpaired) electrons. The molecule has 5 heterocycles. The van der Waals surface area contributed by atoms with Crippen LogP contribution in [-0.4, -0.2) is 64.0 Å². The van der Waals surface area contributed by atoms with Crippen LogP contribution in [0.1, 0.15) is 44.7 Å². The molecule has 5 rings (SSSR count). The molecule has 188 valence electrons. The lowest BCUT2D eigenvalue weighted by Crippen LogP contribution is -2.51. The van der Waals surface area contributed by atoms with Crippen LogP contribution in [0, 0.1) is 5.41 Å². The molecule has 0 saturated carbocycles. The number of aliphatic imine (C=N–C) groups is 1. The minimum absolute atomic E-state index is 0.0293. The lowest BCUT2D eigenvalue weighted by atomic mass is 9.83. The first-order valence-electron chi connectivity index (χ1n) is 12.4. The Morgan fingerprint density at radius 2 is 2.06 bits per heavy atom. The van der Waals surface area contributed by atoms with Crippen molar-refractivity contribution in [2.45, 2.75) is 52.2 Å². The van der Waals surface area contributed by atoms with Gasteiger partial charge in [0.1, 0.15) is 12.0 Å². The number of fused-ring (bicyclic) bond motifs is 1. The molecular formula is C27H32N6O2S. The van der Waals surface area contributed by atoms with Crippen LogP contribution < -0.4 is 10.6 Å². The van der Waals surface area contributed by atoms with Gasteiger partial charge in [0.2, 0.25) is 0 Å². The number of hydrogen-bond acceptors (Lipinski definition) is 8. The number of carbonyl (C=O) groups excluding carboxylic acids is 2. The highest BCUT2D eigenvalue weighted by molar-refractivity contribution is 7.08. The second-order valence-electron chi connectivity index (χ2n) is 10.7.